The van der Waals surface area contributed by atoms with E-state index >= 15 is 0 Å². The molecule has 0 saturated carbocycles. The number of carbonyl (C=O) groups is 1. The molecule has 1 rings (SSSR count). The normalized spacial score (nSPS) is 13.1. The smallest absolute Gasteiger partial charge is 0.407 e. The molecule has 5 heteroatoms. The number of benzene rings is 1. The summed E-state index contributed by atoms with van der Waals surface area (Å²) in [6.45, 7) is 8.74. The van der Waals surface area contributed by atoms with Crippen LogP contribution in [0.1, 0.15) is 40.5 Å². The number of alkyl carbamates (subject to hydrolysis) is 1. The minimum Gasteiger partial charge on any atom is -0.492 e. The maximum Gasteiger partial charge on any atom is 0.407 e. The first kappa shape index (κ1) is 18.1. The van der Waals surface area contributed by atoms with E-state index in [9.17, 15) is 4.79 Å². The molecule has 0 heterocycles. The molecular weight excluding hydrogens is 282 g/mol. The SMILES string of the molecule is CCC(C)OC(=O)NCCOc1ccc(OC(C)CC)cc1. The molecule has 0 spiro atoms. The quantitative estimate of drug-likeness (QED) is 0.706. The van der Waals surface area contributed by atoms with Crippen LogP contribution in [-0.4, -0.2) is 31.5 Å². The van der Waals surface area contributed by atoms with E-state index in [0.29, 0.717) is 13.2 Å². The lowest BCUT2D eigenvalue weighted by Crippen LogP contribution is -2.31. The molecule has 1 N–H and O–H groups in total. The van der Waals surface area contributed by atoms with Gasteiger partial charge in [-0.25, -0.2) is 4.79 Å². The lowest BCUT2D eigenvalue weighted by Gasteiger charge is -2.13. The van der Waals surface area contributed by atoms with E-state index < -0.39 is 6.09 Å². The zero-order chi connectivity index (χ0) is 16.4. The van der Waals surface area contributed by atoms with Crippen LogP contribution in [-0.2, 0) is 4.74 Å². The van der Waals surface area contributed by atoms with Gasteiger partial charge >= 0.3 is 6.09 Å². The molecule has 0 aliphatic heterocycles. The second-order valence-corrected chi connectivity index (χ2v) is 5.21. The monoisotopic (exact) mass is 309 g/mol. The Kier molecular flexibility index (Phi) is 8.18. The van der Waals surface area contributed by atoms with Crippen LogP contribution < -0.4 is 14.8 Å². The van der Waals surface area contributed by atoms with Crippen molar-refractivity contribution in [3.63, 3.8) is 0 Å². The van der Waals surface area contributed by atoms with E-state index in [1.807, 2.05) is 45.0 Å². The zero-order valence-corrected chi connectivity index (χ0v) is 13.9. The van der Waals surface area contributed by atoms with Gasteiger partial charge in [-0.3, -0.25) is 0 Å². The Bertz CT molecular complexity index is 433. The summed E-state index contributed by atoms with van der Waals surface area (Å²) in [5, 5.41) is 2.65. The number of hydrogen-bond acceptors (Lipinski definition) is 4. The van der Waals surface area contributed by atoms with Crippen LogP contribution in [0.5, 0.6) is 11.5 Å². The second-order valence-electron chi connectivity index (χ2n) is 5.21. The summed E-state index contributed by atoms with van der Waals surface area (Å²) in [5.74, 6) is 1.57. The van der Waals surface area contributed by atoms with Crippen molar-refractivity contribution in [2.24, 2.45) is 0 Å². The summed E-state index contributed by atoms with van der Waals surface area (Å²) < 4.78 is 16.3. The number of hydrogen-bond donors (Lipinski definition) is 1. The number of carbonyl (C=O) groups excluding carboxylic acids is 1. The van der Waals surface area contributed by atoms with Gasteiger partial charge < -0.3 is 19.5 Å². The van der Waals surface area contributed by atoms with Crippen LogP contribution in [0.15, 0.2) is 24.3 Å². The molecule has 124 valence electrons. The lowest BCUT2D eigenvalue weighted by atomic mass is 10.3. The minimum atomic E-state index is -0.407. The Morgan fingerprint density at radius 1 is 1.05 bits per heavy atom. The molecule has 0 fully saturated rings. The number of nitrogens with one attached hydrogen (secondary N) is 1. The maximum absolute atomic E-state index is 11.4. The molecule has 22 heavy (non-hydrogen) atoms. The highest BCUT2D eigenvalue weighted by atomic mass is 16.6. The minimum absolute atomic E-state index is 0.0704. The first-order chi connectivity index (χ1) is 10.5. The number of ether oxygens (including phenoxy) is 3. The Morgan fingerprint density at radius 2 is 1.64 bits per heavy atom. The molecule has 0 radical (unpaired) electrons. The predicted molar refractivity (Wildman–Crippen MR) is 86.6 cm³/mol. The molecule has 0 saturated heterocycles. The summed E-state index contributed by atoms with van der Waals surface area (Å²) >= 11 is 0. The average molecular weight is 309 g/mol. The summed E-state index contributed by atoms with van der Waals surface area (Å²) in [7, 11) is 0. The fraction of sp³-hybridized carbons (Fsp3) is 0.588. The van der Waals surface area contributed by atoms with Gasteiger partial charge in [0.25, 0.3) is 0 Å². The largest absolute Gasteiger partial charge is 0.492 e. The van der Waals surface area contributed by atoms with Gasteiger partial charge in [0.05, 0.1) is 12.6 Å². The molecule has 0 aliphatic carbocycles. The molecule has 1 aromatic carbocycles. The van der Waals surface area contributed by atoms with Crippen LogP contribution in [0, 0.1) is 0 Å². The van der Waals surface area contributed by atoms with E-state index in [2.05, 4.69) is 12.2 Å². The molecule has 0 bridgehead atoms. The molecule has 1 aromatic rings. The third-order valence-electron chi connectivity index (χ3n) is 3.26. The van der Waals surface area contributed by atoms with Crippen molar-refractivity contribution in [1.29, 1.82) is 0 Å². The van der Waals surface area contributed by atoms with Gasteiger partial charge in [0.15, 0.2) is 0 Å². The first-order valence-corrected chi connectivity index (χ1v) is 7.89. The fourth-order valence-corrected chi connectivity index (χ4v) is 1.56. The van der Waals surface area contributed by atoms with Crippen molar-refractivity contribution in [1.82, 2.24) is 5.32 Å². The van der Waals surface area contributed by atoms with Crippen molar-refractivity contribution >= 4 is 6.09 Å². The number of amides is 1. The van der Waals surface area contributed by atoms with E-state index in [-0.39, 0.29) is 12.2 Å². The van der Waals surface area contributed by atoms with Gasteiger partial charge in [-0.1, -0.05) is 13.8 Å². The van der Waals surface area contributed by atoms with Crippen LogP contribution in [0.25, 0.3) is 0 Å². The molecule has 0 aliphatic rings. The topological polar surface area (TPSA) is 56.8 Å². The summed E-state index contributed by atoms with van der Waals surface area (Å²) in [5.41, 5.74) is 0. The molecule has 5 nitrogen and oxygen atoms in total. The van der Waals surface area contributed by atoms with E-state index in [4.69, 9.17) is 14.2 Å². The molecule has 1 amide bonds. The van der Waals surface area contributed by atoms with Crippen LogP contribution in [0.4, 0.5) is 4.79 Å². The maximum atomic E-state index is 11.4. The molecule has 2 unspecified atom stereocenters. The average Bonchev–Trinajstić information content (AvgIpc) is 2.52. The Morgan fingerprint density at radius 3 is 2.23 bits per heavy atom. The van der Waals surface area contributed by atoms with Crippen molar-refractivity contribution in [3.05, 3.63) is 24.3 Å². The zero-order valence-electron chi connectivity index (χ0n) is 13.9. The van der Waals surface area contributed by atoms with Gasteiger partial charge in [0.2, 0.25) is 0 Å². The summed E-state index contributed by atoms with van der Waals surface area (Å²) in [6.07, 6.45) is 1.49. The van der Waals surface area contributed by atoms with Crippen molar-refractivity contribution in [2.75, 3.05) is 13.2 Å². The molecular formula is C17H27NO4. The van der Waals surface area contributed by atoms with Gasteiger partial charge in [-0.15, -0.1) is 0 Å². The Labute approximate surface area is 132 Å². The highest BCUT2D eigenvalue weighted by molar-refractivity contribution is 5.67. The van der Waals surface area contributed by atoms with Crippen molar-refractivity contribution in [2.45, 2.75) is 52.7 Å². The van der Waals surface area contributed by atoms with Gasteiger partial charge in [-0.05, 0) is 51.0 Å². The van der Waals surface area contributed by atoms with E-state index in [1.165, 1.54) is 0 Å². The molecule has 0 aromatic heterocycles. The highest BCUT2D eigenvalue weighted by Gasteiger charge is 2.06. The summed E-state index contributed by atoms with van der Waals surface area (Å²) in [6, 6.07) is 7.47. The first-order valence-electron chi connectivity index (χ1n) is 7.89. The van der Waals surface area contributed by atoms with Crippen LogP contribution in [0.2, 0.25) is 0 Å². The lowest BCUT2D eigenvalue weighted by molar-refractivity contribution is 0.103. The van der Waals surface area contributed by atoms with Gasteiger partial charge in [-0.2, -0.15) is 0 Å². The van der Waals surface area contributed by atoms with Gasteiger partial charge in [0.1, 0.15) is 24.2 Å². The van der Waals surface area contributed by atoms with E-state index in [0.717, 1.165) is 24.3 Å². The van der Waals surface area contributed by atoms with Crippen LogP contribution in [0.3, 0.4) is 0 Å². The van der Waals surface area contributed by atoms with Crippen molar-refractivity contribution in [3.8, 4) is 11.5 Å². The third kappa shape index (κ3) is 7.20. The van der Waals surface area contributed by atoms with Gasteiger partial charge in [0, 0.05) is 0 Å². The van der Waals surface area contributed by atoms with Crippen molar-refractivity contribution < 1.29 is 19.0 Å². The fourth-order valence-electron chi connectivity index (χ4n) is 1.56. The predicted octanol–water partition coefficient (Wildman–Crippen LogP) is 3.77. The Hall–Kier alpha value is -1.91. The van der Waals surface area contributed by atoms with Crippen LogP contribution >= 0.6 is 0 Å². The second kappa shape index (κ2) is 9.92. The molecule has 2 atom stereocenters. The summed E-state index contributed by atoms with van der Waals surface area (Å²) in [4.78, 5) is 11.4. The Balaban J connectivity index is 2.23. The van der Waals surface area contributed by atoms with E-state index in [1.54, 1.807) is 0 Å². The number of rotatable bonds is 9. The standard InChI is InChI=1S/C17H27NO4/c1-5-13(3)21-16-9-7-15(8-10-16)20-12-11-18-17(19)22-14(4)6-2/h7-10,13-14H,5-6,11-12H2,1-4H3,(H,18,19). The highest BCUT2D eigenvalue weighted by Crippen LogP contribution is 2.19. The third-order valence-corrected chi connectivity index (χ3v) is 3.26.